The Bertz CT molecular complexity index is 2220. The van der Waals surface area contributed by atoms with Crippen molar-refractivity contribution in [3.05, 3.63) is 147 Å². The summed E-state index contributed by atoms with van der Waals surface area (Å²) in [7, 11) is 0. The largest absolute Gasteiger partial charge is 0.508 e. The van der Waals surface area contributed by atoms with Gasteiger partial charge >= 0.3 is 5.97 Å². The highest BCUT2D eigenvalue weighted by Crippen LogP contribution is 2.57. The molecular formula is C39H28ClN3O7. The summed E-state index contributed by atoms with van der Waals surface area (Å²) in [5, 5.41) is 23.9. The molecule has 0 saturated carbocycles. The number of aliphatic imine (C=N–C) groups is 1. The molecule has 0 bridgehead atoms. The highest BCUT2D eigenvalue weighted by molar-refractivity contribution is 6.32. The Morgan fingerprint density at radius 2 is 1.56 bits per heavy atom. The first-order valence-corrected chi connectivity index (χ1v) is 16.3. The summed E-state index contributed by atoms with van der Waals surface area (Å²) >= 11 is 6.38. The first kappa shape index (κ1) is 31.2. The Morgan fingerprint density at radius 1 is 0.840 bits per heavy atom. The van der Waals surface area contributed by atoms with Crippen molar-refractivity contribution in [1.29, 1.82) is 0 Å². The molecular weight excluding hydrogens is 658 g/mol. The number of hydrogen-bond donors (Lipinski definition) is 3. The maximum atomic E-state index is 13.5. The number of benzodiazepines with no additional fused rings is 1. The predicted octanol–water partition coefficient (Wildman–Crippen LogP) is 6.32. The number of phenols is 2. The van der Waals surface area contributed by atoms with Gasteiger partial charge in [0.05, 0.1) is 17.0 Å². The molecule has 3 aliphatic heterocycles. The van der Waals surface area contributed by atoms with Crippen LogP contribution in [0.5, 0.6) is 23.0 Å². The van der Waals surface area contributed by atoms with Crippen molar-refractivity contribution >= 4 is 40.8 Å². The van der Waals surface area contributed by atoms with Crippen molar-refractivity contribution in [1.82, 2.24) is 5.32 Å². The van der Waals surface area contributed by atoms with Crippen LogP contribution in [0, 0.1) is 0 Å². The van der Waals surface area contributed by atoms with Crippen LogP contribution in [-0.2, 0) is 15.1 Å². The Kier molecular flexibility index (Phi) is 7.53. The highest BCUT2D eigenvalue weighted by atomic mass is 35.5. The second-order valence-corrected chi connectivity index (χ2v) is 12.6. The standard InChI is InChI=1S/C39H28ClN3O7/c40-24-8-14-32-28(18-24)36(22-5-2-1-3-6-22)42-21-35(46)43(32)16-4-15-41-37(47)23-7-11-27-31(17-23)39(50-38(27)48)29-12-9-25(44)19-33(29)49-34-20-26(45)10-13-30(34)39/h1-3,5-14,17-20,44-45H,4,15-16,21H2,(H,41,47). The Balaban J connectivity index is 1.04. The number of nitrogens with zero attached hydrogens (tertiary/aromatic N) is 2. The molecule has 0 unspecified atom stereocenters. The molecule has 10 nitrogen and oxygen atoms in total. The maximum absolute atomic E-state index is 13.5. The summed E-state index contributed by atoms with van der Waals surface area (Å²) in [6.07, 6.45) is 0.446. The van der Waals surface area contributed by atoms with Crippen molar-refractivity contribution in [3.8, 4) is 23.0 Å². The Morgan fingerprint density at radius 3 is 2.28 bits per heavy atom. The van der Waals surface area contributed by atoms with Crippen LogP contribution in [0.25, 0.3) is 0 Å². The molecule has 5 aromatic carbocycles. The van der Waals surface area contributed by atoms with E-state index in [4.69, 9.17) is 21.1 Å². The molecule has 0 saturated heterocycles. The molecule has 248 valence electrons. The van der Waals surface area contributed by atoms with Gasteiger partial charge in [-0.05, 0) is 67.1 Å². The molecule has 3 N–H and O–H groups in total. The van der Waals surface area contributed by atoms with Crippen LogP contribution in [-0.4, -0.2) is 53.3 Å². The van der Waals surface area contributed by atoms with E-state index in [0.717, 1.165) is 11.1 Å². The van der Waals surface area contributed by atoms with E-state index in [0.29, 0.717) is 51.6 Å². The van der Waals surface area contributed by atoms with Gasteiger partial charge in [-0.25, -0.2) is 4.79 Å². The summed E-state index contributed by atoms with van der Waals surface area (Å²) in [4.78, 5) is 46.4. The van der Waals surface area contributed by atoms with Gasteiger partial charge in [-0.2, -0.15) is 0 Å². The van der Waals surface area contributed by atoms with Gasteiger partial charge in [0.15, 0.2) is 5.60 Å². The molecule has 8 rings (SSSR count). The molecule has 0 aliphatic carbocycles. The monoisotopic (exact) mass is 685 g/mol. The summed E-state index contributed by atoms with van der Waals surface area (Å²) in [6, 6.07) is 28.7. The number of rotatable bonds is 6. The summed E-state index contributed by atoms with van der Waals surface area (Å²) in [5.41, 5.74) is 3.44. The number of esters is 1. The number of hydrogen-bond acceptors (Lipinski definition) is 8. The van der Waals surface area contributed by atoms with E-state index < -0.39 is 11.6 Å². The molecule has 1 spiro atoms. The zero-order valence-corrected chi connectivity index (χ0v) is 27.1. The van der Waals surface area contributed by atoms with E-state index in [9.17, 15) is 24.6 Å². The van der Waals surface area contributed by atoms with E-state index in [1.54, 1.807) is 41.3 Å². The smallest absolute Gasteiger partial charge is 0.340 e. The molecule has 11 heteroatoms. The fourth-order valence-corrected chi connectivity index (χ4v) is 7.03. The topological polar surface area (TPSA) is 138 Å². The quantitative estimate of drug-likeness (QED) is 0.140. The number of amides is 2. The van der Waals surface area contributed by atoms with Gasteiger partial charge in [0.1, 0.15) is 29.5 Å². The van der Waals surface area contributed by atoms with E-state index in [2.05, 4.69) is 10.3 Å². The number of ether oxygens (including phenoxy) is 2. The number of anilines is 1. The van der Waals surface area contributed by atoms with Crippen LogP contribution in [0.4, 0.5) is 5.69 Å². The number of benzene rings is 5. The molecule has 0 fully saturated rings. The van der Waals surface area contributed by atoms with Gasteiger partial charge in [0, 0.05) is 63.6 Å². The minimum absolute atomic E-state index is 0.0307. The van der Waals surface area contributed by atoms with Gasteiger partial charge in [-0.3, -0.25) is 14.6 Å². The van der Waals surface area contributed by atoms with E-state index in [-0.39, 0.29) is 53.5 Å². The molecule has 0 aromatic heterocycles. The predicted molar refractivity (Wildman–Crippen MR) is 186 cm³/mol. The number of fused-ring (bicyclic) bond motifs is 7. The van der Waals surface area contributed by atoms with Gasteiger partial charge in [0.2, 0.25) is 5.91 Å². The highest BCUT2D eigenvalue weighted by Gasteiger charge is 2.54. The molecule has 3 aliphatic rings. The lowest BCUT2D eigenvalue weighted by Crippen LogP contribution is -2.35. The molecule has 5 aromatic rings. The van der Waals surface area contributed by atoms with Crippen LogP contribution in [0.2, 0.25) is 5.02 Å². The zero-order chi connectivity index (χ0) is 34.6. The van der Waals surface area contributed by atoms with Crippen molar-refractivity contribution in [2.45, 2.75) is 12.0 Å². The van der Waals surface area contributed by atoms with Crippen molar-refractivity contribution in [2.24, 2.45) is 4.99 Å². The normalized spacial score (nSPS) is 15.1. The van der Waals surface area contributed by atoms with Crippen LogP contribution in [0.3, 0.4) is 0 Å². The third kappa shape index (κ3) is 5.12. The number of nitrogens with one attached hydrogen (secondary N) is 1. The third-order valence-electron chi connectivity index (χ3n) is 9.10. The Labute approximate surface area is 291 Å². The minimum Gasteiger partial charge on any atom is -0.508 e. The summed E-state index contributed by atoms with van der Waals surface area (Å²) in [6.45, 7) is 0.555. The lowest BCUT2D eigenvalue weighted by atomic mass is 9.77. The first-order valence-electron chi connectivity index (χ1n) is 15.9. The summed E-state index contributed by atoms with van der Waals surface area (Å²) in [5.74, 6) is -0.765. The van der Waals surface area contributed by atoms with Gasteiger partial charge in [0.25, 0.3) is 5.91 Å². The van der Waals surface area contributed by atoms with Crippen LogP contribution in [0.1, 0.15) is 55.0 Å². The molecule has 0 atom stereocenters. The second kappa shape index (κ2) is 12.1. The molecule has 2 amide bonds. The number of carbonyl (C=O) groups excluding carboxylic acids is 3. The molecule has 50 heavy (non-hydrogen) atoms. The average molecular weight is 686 g/mol. The Hall–Kier alpha value is -6.13. The van der Waals surface area contributed by atoms with Gasteiger partial charge in [-0.15, -0.1) is 0 Å². The fraction of sp³-hybridized carbons (Fsp3) is 0.128. The fourth-order valence-electron chi connectivity index (χ4n) is 6.85. The van der Waals surface area contributed by atoms with Crippen molar-refractivity contribution in [2.75, 3.05) is 24.5 Å². The van der Waals surface area contributed by atoms with Crippen molar-refractivity contribution in [3.63, 3.8) is 0 Å². The van der Waals surface area contributed by atoms with Crippen molar-refractivity contribution < 1.29 is 34.1 Å². The SMILES string of the molecule is O=C(NCCCN1C(=O)CN=C(c2ccccc2)c2cc(Cl)ccc21)c1ccc2c(c1)C1(OC2=O)c2ccc(O)cc2Oc2cc(O)ccc21. The zero-order valence-electron chi connectivity index (χ0n) is 26.4. The van der Waals surface area contributed by atoms with E-state index in [1.807, 2.05) is 42.5 Å². The average Bonchev–Trinajstić information content (AvgIpc) is 3.32. The van der Waals surface area contributed by atoms with Crippen LogP contribution in [0.15, 0.2) is 108 Å². The van der Waals surface area contributed by atoms with E-state index in [1.165, 1.54) is 24.3 Å². The maximum Gasteiger partial charge on any atom is 0.340 e. The minimum atomic E-state index is -1.49. The lowest BCUT2D eigenvalue weighted by Gasteiger charge is -2.36. The number of halogens is 1. The molecule has 3 heterocycles. The second-order valence-electron chi connectivity index (χ2n) is 12.1. The van der Waals surface area contributed by atoms with Crippen LogP contribution >= 0.6 is 11.6 Å². The van der Waals surface area contributed by atoms with Gasteiger partial charge < -0.3 is 29.9 Å². The van der Waals surface area contributed by atoms with Gasteiger partial charge in [-0.1, -0.05) is 41.9 Å². The summed E-state index contributed by atoms with van der Waals surface area (Å²) < 4.78 is 12.1. The number of aromatic hydroxyl groups is 2. The lowest BCUT2D eigenvalue weighted by molar-refractivity contribution is -0.117. The molecule has 0 radical (unpaired) electrons. The first-order chi connectivity index (χ1) is 24.2. The number of phenolic OH excluding ortho intramolecular Hbond substituents is 2. The third-order valence-corrected chi connectivity index (χ3v) is 9.34. The van der Waals surface area contributed by atoms with E-state index >= 15 is 0 Å². The van der Waals surface area contributed by atoms with Crippen LogP contribution < -0.4 is 15.0 Å². The number of carbonyl (C=O) groups is 3.